The number of amides is 1. The molecule has 1 unspecified atom stereocenters. The van der Waals surface area contributed by atoms with Gasteiger partial charge in [-0.05, 0) is 39.3 Å². The minimum Gasteiger partial charge on any atom is -0.336 e. The smallest absolute Gasteiger partial charge is 0.256 e. The van der Waals surface area contributed by atoms with E-state index in [1.165, 1.54) is 0 Å². The van der Waals surface area contributed by atoms with Gasteiger partial charge >= 0.3 is 0 Å². The molecule has 1 atom stereocenters. The zero-order valence-electron chi connectivity index (χ0n) is 11.7. The molecule has 1 rings (SSSR count). The molecule has 4 heteroatoms. The van der Waals surface area contributed by atoms with Crippen molar-refractivity contribution < 1.29 is 4.79 Å². The average Bonchev–Trinajstić information content (AvgIpc) is 2.39. The first-order valence-electron chi connectivity index (χ1n) is 6.43. The first kappa shape index (κ1) is 14.5. The Kier molecular flexibility index (Phi) is 5.16. The van der Waals surface area contributed by atoms with E-state index >= 15 is 0 Å². The van der Waals surface area contributed by atoms with Crippen molar-refractivity contribution in [1.82, 2.24) is 4.90 Å². The summed E-state index contributed by atoms with van der Waals surface area (Å²) in [5.74, 6) is 5.50. The van der Waals surface area contributed by atoms with Crippen LogP contribution in [-0.4, -0.2) is 23.4 Å². The van der Waals surface area contributed by atoms with Crippen molar-refractivity contribution in [3.05, 3.63) is 29.3 Å². The topological polar surface area (TPSA) is 58.4 Å². The second kappa shape index (κ2) is 6.40. The molecule has 0 heterocycles. The van der Waals surface area contributed by atoms with Crippen LogP contribution in [0.2, 0.25) is 0 Å². The standard InChI is InChI=1S/C14H23N3O/c1-5-11(4)17(6-2)14(18)12-9-10(3)7-8-13(12)16-15/h7-9,11,16H,5-6,15H2,1-4H3. The molecule has 18 heavy (non-hydrogen) atoms. The molecule has 0 radical (unpaired) electrons. The first-order valence-corrected chi connectivity index (χ1v) is 6.43. The lowest BCUT2D eigenvalue weighted by atomic mass is 10.1. The van der Waals surface area contributed by atoms with Gasteiger partial charge in [0, 0.05) is 12.6 Å². The van der Waals surface area contributed by atoms with Gasteiger partial charge in [0.15, 0.2) is 0 Å². The summed E-state index contributed by atoms with van der Waals surface area (Å²) in [5.41, 5.74) is 4.96. The lowest BCUT2D eigenvalue weighted by Crippen LogP contribution is -2.38. The van der Waals surface area contributed by atoms with Crippen LogP contribution in [0, 0.1) is 6.92 Å². The molecule has 0 aliphatic carbocycles. The van der Waals surface area contributed by atoms with E-state index in [9.17, 15) is 4.79 Å². The Labute approximate surface area is 109 Å². The normalized spacial score (nSPS) is 12.1. The number of nitrogens with one attached hydrogen (secondary N) is 1. The van der Waals surface area contributed by atoms with E-state index in [0.29, 0.717) is 17.8 Å². The maximum Gasteiger partial charge on any atom is 0.256 e. The molecular formula is C14H23N3O. The molecule has 0 saturated carbocycles. The predicted octanol–water partition coefficient (Wildman–Crippen LogP) is 2.54. The number of nitrogens with two attached hydrogens (primary N) is 1. The van der Waals surface area contributed by atoms with Crippen LogP contribution in [0.3, 0.4) is 0 Å². The Morgan fingerprint density at radius 3 is 2.61 bits per heavy atom. The minimum atomic E-state index is 0.0310. The van der Waals surface area contributed by atoms with E-state index in [0.717, 1.165) is 12.0 Å². The van der Waals surface area contributed by atoms with Crippen LogP contribution in [0.1, 0.15) is 43.1 Å². The number of benzene rings is 1. The van der Waals surface area contributed by atoms with Crippen molar-refractivity contribution in [2.24, 2.45) is 5.84 Å². The van der Waals surface area contributed by atoms with E-state index in [4.69, 9.17) is 5.84 Å². The first-order chi connectivity index (χ1) is 8.54. The highest BCUT2D eigenvalue weighted by Crippen LogP contribution is 2.20. The molecule has 4 nitrogen and oxygen atoms in total. The van der Waals surface area contributed by atoms with Gasteiger partial charge in [-0.15, -0.1) is 0 Å². The Hall–Kier alpha value is -1.55. The second-order valence-corrected chi connectivity index (χ2v) is 4.54. The van der Waals surface area contributed by atoms with Crippen molar-refractivity contribution in [1.29, 1.82) is 0 Å². The molecule has 1 aromatic rings. The van der Waals surface area contributed by atoms with Gasteiger partial charge in [-0.2, -0.15) is 0 Å². The van der Waals surface area contributed by atoms with Gasteiger partial charge in [-0.3, -0.25) is 10.6 Å². The number of aryl methyl sites for hydroxylation is 1. The van der Waals surface area contributed by atoms with Crippen LogP contribution in [0.4, 0.5) is 5.69 Å². The largest absolute Gasteiger partial charge is 0.336 e. The van der Waals surface area contributed by atoms with E-state index in [-0.39, 0.29) is 11.9 Å². The Morgan fingerprint density at radius 2 is 2.11 bits per heavy atom. The molecule has 0 spiro atoms. The highest BCUT2D eigenvalue weighted by molar-refractivity contribution is 5.99. The number of nitrogens with zero attached hydrogens (tertiary/aromatic N) is 1. The molecule has 1 aromatic carbocycles. The highest BCUT2D eigenvalue weighted by atomic mass is 16.2. The predicted molar refractivity (Wildman–Crippen MR) is 75.5 cm³/mol. The molecule has 100 valence electrons. The number of hydrazine groups is 1. The summed E-state index contributed by atoms with van der Waals surface area (Å²) >= 11 is 0. The summed E-state index contributed by atoms with van der Waals surface area (Å²) in [6.07, 6.45) is 0.941. The summed E-state index contributed by atoms with van der Waals surface area (Å²) in [6.45, 7) is 8.81. The number of hydrogen-bond donors (Lipinski definition) is 2. The molecule has 3 N–H and O–H groups in total. The van der Waals surface area contributed by atoms with Gasteiger partial charge < -0.3 is 10.3 Å². The summed E-state index contributed by atoms with van der Waals surface area (Å²) in [7, 11) is 0. The fourth-order valence-electron chi connectivity index (χ4n) is 1.99. The van der Waals surface area contributed by atoms with Crippen molar-refractivity contribution in [3.8, 4) is 0 Å². The second-order valence-electron chi connectivity index (χ2n) is 4.54. The third-order valence-electron chi connectivity index (χ3n) is 3.29. The van der Waals surface area contributed by atoms with E-state index in [1.807, 2.05) is 36.9 Å². The van der Waals surface area contributed by atoms with Crippen molar-refractivity contribution >= 4 is 11.6 Å². The SMILES string of the molecule is CCC(C)N(CC)C(=O)c1cc(C)ccc1NN. The molecule has 0 aliphatic rings. The molecule has 0 aliphatic heterocycles. The van der Waals surface area contributed by atoms with Crippen LogP contribution in [0.25, 0.3) is 0 Å². The number of carbonyl (C=O) groups is 1. The molecule has 0 aromatic heterocycles. The summed E-state index contributed by atoms with van der Waals surface area (Å²) in [4.78, 5) is 14.4. The monoisotopic (exact) mass is 249 g/mol. The van der Waals surface area contributed by atoms with Crippen LogP contribution < -0.4 is 11.3 Å². The maximum absolute atomic E-state index is 12.5. The number of hydrogen-bond acceptors (Lipinski definition) is 3. The van der Waals surface area contributed by atoms with E-state index in [1.54, 1.807) is 0 Å². The zero-order chi connectivity index (χ0) is 13.7. The third-order valence-corrected chi connectivity index (χ3v) is 3.29. The van der Waals surface area contributed by atoms with E-state index < -0.39 is 0 Å². The number of rotatable bonds is 5. The lowest BCUT2D eigenvalue weighted by molar-refractivity contribution is 0.0701. The van der Waals surface area contributed by atoms with Crippen LogP contribution in [-0.2, 0) is 0 Å². The molecule has 1 amide bonds. The average molecular weight is 249 g/mol. The summed E-state index contributed by atoms with van der Waals surface area (Å²) in [6, 6.07) is 5.88. The Bertz CT molecular complexity index is 418. The molecule has 0 saturated heterocycles. The minimum absolute atomic E-state index is 0.0310. The van der Waals surface area contributed by atoms with Gasteiger partial charge in [-0.1, -0.05) is 18.6 Å². The third kappa shape index (κ3) is 3.01. The number of anilines is 1. The molecule has 0 bridgehead atoms. The van der Waals surface area contributed by atoms with Gasteiger partial charge in [0.25, 0.3) is 5.91 Å². The van der Waals surface area contributed by atoms with Gasteiger partial charge in [0.1, 0.15) is 0 Å². The van der Waals surface area contributed by atoms with Crippen molar-refractivity contribution in [2.75, 3.05) is 12.0 Å². The summed E-state index contributed by atoms with van der Waals surface area (Å²) < 4.78 is 0. The maximum atomic E-state index is 12.5. The number of nitrogen functional groups attached to an aromatic ring is 1. The quantitative estimate of drug-likeness (QED) is 0.623. The molecule has 0 fully saturated rings. The Morgan fingerprint density at radius 1 is 1.44 bits per heavy atom. The number of carbonyl (C=O) groups excluding carboxylic acids is 1. The van der Waals surface area contributed by atoms with Gasteiger partial charge in [-0.25, -0.2) is 0 Å². The van der Waals surface area contributed by atoms with Gasteiger partial charge in [0.05, 0.1) is 11.3 Å². The zero-order valence-corrected chi connectivity index (χ0v) is 11.7. The molecular weight excluding hydrogens is 226 g/mol. The van der Waals surface area contributed by atoms with Crippen molar-refractivity contribution in [3.63, 3.8) is 0 Å². The fraction of sp³-hybridized carbons (Fsp3) is 0.500. The Balaban J connectivity index is 3.11. The lowest BCUT2D eigenvalue weighted by Gasteiger charge is -2.28. The van der Waals surface area contributed by atoms with Crippen molar-refractivity contribution in [2.45, 2.75) is 40.2 Å². The summed E-state index contributed by atoms with van der Waals surface area (Å²) in [5, 5.41) is 0. The van der Waals surface area contributed by atoms with Gasteiger partial charge in [0.2, 0.25) is 0 Å². The van der Waals surface area contributed by atoms with Crippen LogP contribution in [0.15, 0.2) is 18.2 Å². The van der Waals surface area contributed by atoms with E-state index in [2.05, 4.69) is 19.3 Å². The fourth-order valence-corrected chi connectivity index (χ4v) is 1.99. The van der Waals surface area contributed by atoms with Crippen LogP contribution in [0.5, 0.6) is 0 Å². The van der Waals surface area contributed by atoms with Crippen LogP contribution >= 0.6 is 0 Å². The highest BCUT2D eigenvalue weighted by Gasteiger charge is 2.21.